The van der Waals surface area contributed by atoms with Gasteiger partial charge in [-0.05, 0) is 18.2 Å². The summed E-state index contributed by atoms with van der Waals surface area (Å²) in [4.78, 5) is 0. The van der Waals surface area contributed by atoms with Gasteiger partial charge in [-0.1, -0.05) is 0 Å². The van der Waals surface area contributed by atoms with E-state index >= 15 is 0 Å². The molecule has 15 heavy (non-hydrogen) atoms. The van der Waals surface area contributed by atoms with Crippen LogP contribution < -0.4 is 10.2 Å². The first kappa shape index (κ1) is 11.8. The predicted octanol–water partition coefficient (Wildman–Crippen LogP) is 0.896. The number of rotatable bonds is 2. The van der Waals surface area contributed by atoms with Crippen LogP contribution in [-0.4, -0.2) is 23.5 Å². The molecule has 0 atom stereocenters. The van der Waals surface area contributed by atoms with E-state index in [-0.39, 0.29) is 2.85 Å². The molecule has 0 aliphatic heterocycles. The molecule has 86 valence electrons. The average molecular weight is 228 g/mol. The normalized spacial score (nSPS) is 11.3. The van der Waals surface area contributed by atoms with Gasteiger partial charge in [-0.3, -0.25) is 0 Å². The summed E-state index contributed by atoms with van der Waals surface area (Å²) in [6.45, 7) is 0. The molecule has 0 unspecified atom stereocenters. The molecule has 0 aliphatic carbocycles. The minimum Gasteiger partial charge on any atom is -0.423 e. The van der Waals surface area contributed by atoms with Gasteiger partial charge in [0.1, 0.15) is 11.6 Å². The van der Waals surface area contributed by atoms with Crippen LogP contribution in [0.1, 0.15) is 2.85 Å². The van der Waals surface area contributed by atoms with Crippen LogP contribution in [0.25, 0.3) is 0 Å². The fourth-order valence-electron chi connectivity index (χ4n) is 0.917. The average Bonchev–Trinajstić information content (AvgIpc) is 2.05. The lowest BCUT2D eigenvalue weighted by Gasteiger charge is -2.10. The van der Waals surface area contributed by atoms with E-state index < -0.39 is 30.5 Å². The van der Waals surface area contributed by atoms with Gasteiger partial charge in [-0.25, -0.2) is 4.39 Å². The molecule has 0 saturated carbocycles. The maximum atomic E-state index is 12.8. The SMILES string of the molecule is OB(O)c1cc(OC(F)(F)F)ccc1F.[HH].[HH]. The maximum Gasteiger partial charge on any atom is 0.573 e. The highest BCUT2D eigenvalue weighted by molar-refractivity contribution is 6.58. The Morgan fingerprint density at radius 3 is 2.33 bits per heavy atom. The highest BCUT2D eigenvalue weighted by Gasteiger charge is 2.31. The van der Waals surface area contributed by atoms with E-state index in [1.807, 2.05) is 0 Å². The number of hydrogen-bond acceptors (Lipinski definition) is 3. The molecule has 0 saturated heterocycles. The third-order valence-corrected chi connectivity index (χ3v) is 1.48. The fourth-order valence-corrected chi connectivity index (χ4v) is 0.917. The van der Waals surface area contributed by atoms with Crippen LogP contribution in [0.5, 0.6) is 5.75 Å². The van der Waals surface area contributed by atoms with E-state index in [9.17, 15) is 17.6 Å². The van der Waals surface area contributed by atoms with Crippen molar-refractivity contribution in [2.45, 2.75) is 6.36 Å². The molecular formula is C7H9BF4O3. The van der Waals surface area contributed by atoms with Crippen LogP contribution in [-0.2, 0) is 0 Å². The molecule has 1 aromatic carbocycles. The van der Waals surface area contributed by atoms with E-state index in [4.69, 9.17) is 10.0 Å². The Morgan fingerprint density at radius 2 is 1.87 bits per heavy atom. The second-order valence-electron chi connectivity index (χ2n) is 2.60. The van der Waals surface area contributed by atoms with Gasteiger partial charge in [0, 0.05) is 8.32 Å². The van der Waals surface area contributed by atoms with Crippen molar-refractivity contribution in [2.75, 3.05) is 0 Å². The molecule has 0 spiro atoms. The van der Waals surface area contributed by atoms with Gasteiger partial charge >= 0.3 is 13.5 Å². The number of hydrogen-bond donors (Lipinski definition) is 2. The molecule has 3 nitrogen and oxygen atoms in total. The molecule has 0 radical (unpaired) electrons. The second kappa shape index (κ2) is 4.07. The summed E-state index contributed by atoms with van der Waals surface area (Å²) in [7, 11) is -2.19. The van der Waals surface area contributed by atoms with Crippen molar-refractivity contribution in [1.29, 1.82) is 0 Å². The molecule has 2 N–H and O–H groups in total. The largest absolute Gasteiger partial charge is 0.573 e. The van der Waals surface area contributed by atoms with Gasteiger partial charge in [0.05, 0.1) is 0 Å². The van der Waals surface area contributed by atoms with Gasteiger partial charge in [0.25, 0.3) is 0 Å². The first-order valence-corrected chi connectivity index (χ1v) is 3.71. The lowest BCUT2D eigenvalue weighted by atomic mass is 9.80. The van der Waals surface area contributed by atoms with Crippen molar-refractivity contribution in [3.8, 4) is 5.75 Å². The Hall–Kier alpha value is -1.28. The third-order valence-electron chi connectivity index (χ3n) is 1.48. The third kappa shape index (κ3) is 3.41. The molecular weight excluding hydrogens is 219 g/mol. The van der Waals surface area contributed by atoms with Crippen molar-refractivity contribution in [3.05, 3.63) is 24.0 Å². The summed E-state index contributed by atoms with van der Waals surface area (Å²) in [5, 5.41) is 17.2. The van der Waals surface area contributed by atoms with E-state index in [0.29, 0.717) is 12.1 Å². The van der Waals surface area contributed by atoms with Gasteiger partial charge in [-0.15, -0.1) is 13.2 Å². The number of benzene rings is 1. The number of halogens is 4. The lowest BCUT2D eigenvalue weighted by Crippen LogP contribution is -2.33. The molecule has 0 bridgehead atoms. The first-order chi connectivity index (χ1) is 6.79. The van der Waals surface area contributed by atoms with E-state index in [1.165, 1.54) is 0 Å². The monoisotopic (exact) mass is 228 g/mol. The van der Waals surface area contributed by atoms with Crippen molar-refractivity contribution in [2.24, 2.45) is 0 Å². The standard InChI is InChI=1S/C7H5BF4O3.2H2/c9-6-2-1-4(15-7(10,11)12)3-5(6)8(13)14;;/h1-3,13-14H;2*1H. The minimum atomic E-state index is -4.91. The highest BCUT2D eigenvalue weighted by Crippen LogP contribution is 2.21. The van der Waals surface area contributed by atoms with Gasteiger partial charge in [-0.2, -0.15) is 0 Å². The Labute approximate surface area is 85.0 Å². The highest BCUT2D eigenvalue weighted by atomic mass is 19.4. The predicted molar refractivity (Wildman–Crippen MR) is 47.1 cm³/mol. The lowest BCUT2D eigenvalue weighted by molar-refractivity contribution is -0.274. The summed E-state index contributed by atoms with van der Waals surface area (Å²) in [6.07, 6.45) is -4.91. The van der Waals surface area contributed by atoms with Crippen LogP contribution in [0.3, 0.4) is 0 Å². The zero-order valence-electron chi connectivity index (χ0n) is 7.12. The van der Waals surface area contributed by atoms with E-state index in [0.717, 1.165) is 6.07 Å². The van der Waals surface area contributed by atoms with Gasteiger partial charge in [0.2, 0.25) is 0 Å². The quantitative estimate of drug-likeness (QED) is 0.583. The molecule has 1 rings (SSSR count). The second-order valence-corrected chi connectivity index (χ2v) is 2.60. The van der Waals surface area contributed by atoms with Crippen LogP contribution in [0.4, 0.5) is 17.6 Å². The van der Waals surface area contributed by atoms with Crippen molar-refractivity contribution in [3.63, 3.8) is 0 Å². The minimum absolute atomic E-state index is 0. The fraction of sp³-hybridized carbons (Fsp3) is 0.143. The Bertz CT molecular complexity index is 361. The number of ether oxygens (including phenoxy) is 1. The smallest absolute Gasteiger partial charge is 0.423 e. The van der Waals surface area contributed by atoms with Crippen LogP contribution in [0.2, 0.25) is 0 Å². The molecule has 8 heteroatoms. The first-order valence-electron chi connectivity index (χ1n) is 3.71. The van der Waals surface area contributed by atoms with Crippen molar-refractivity contribution < 1.29 is 35.2 Å². The number of alkyl halides is 3. The van der Waals surface area contributed by atoms with Crippen LogP contribution in [0, 0.1) is 5.82 Å². The van der Waals surface area contributed by atoms with Gasteiger partial charge in [0.15, 0.2) is 0 Å². The van der Waals surface area contributed by atoms with Crippen molar-refractivity contribution >= 4 is 12.6 Å². The summed E-state index contributed by atoms with van der Waals surface area (Å²) in [5.74, 6) is -1.74. The van der Waals surface area contributed by atoms with Crippen LogP contribution in [0.15, 0.2) is 18.2 Å². The zero-order valence-corrected chi connectivity index (χ0v) is 7.12. The summed E-state index contributed by atoms with van der Waals surface area (Å²) in [6, 6.07) is 1.94. The zero-order chi connectivity index (χ0) is 11.6. The summed E-state index contributed by atoms with van der Waals surface area (Å²) in [5.41, 5.74) is -0.684. The van der Waals surface area contributed by atoms with Crippen molar-refractivity contribution in [1.82, 2.24) is 0 Å². The molecule has 0 aliphatic rings. The maximum absolute atomic E-state index is 12.8. The Morgan fingerprint density at radius 1 is 1.27 bits per heavy atom. The molecule has 0 heterocycles. The molecule has 1 aromatic rings. The van der Waals surface area contributed by atoms with E-state index in [2.05, 4.69) is 4.74 Å². The van der Waals surface area contributed by atoms with Gasteiger partial charge < -0.3 is 14.8 Å². The Balaban J connectivity index is 0. The topological polar surface area (TPSA) is 49.7 Å². The molecule has 0 aromatic heterocycles. The summed E-state index contributed by atoms with van der Waals surface area (Å²) < 4.78 is 51.5. The van der Waals surface area contributed by atoms with Crippen LogP contribution >= 0.6 is 0 Å². The molecule has 0 fully saturated rings. The summed E-state index contributed by atoms with van der Waals surface area (Å²) >= 11 is 0. The Kier molecular flexibility index (Phi) is 3.20. The molecule has 0 amide bonds. The van der Waals surface area contributed by atoms with E-state index in [1.54, 1.807) is 0 Å².